The van der Waals surface area contributed by atoms with Crippen LogP contribution in [0.2, 0.25) is 0 Å². The van der Waals surface area contributed by atoms with Crippen molar-refractivity contribution in [2.75, 3.05) is 20.1 Å². The van der Waals surface area contributed by atoms with Crippen molar-refractivity contribution in [2.45, 2.75) is 26.2 Å². The summed E-state index contributed by atoms with van der Waals surface area (Å²) >= 11 is 0. The molecule has 1 fully saturated rings. The Morgan fingerprint density at radius 2 is 1.82 bits per heavy atom. The van der Waals surface area contributed by atoms with Gasteiger partial charge in [0.05, 0.1) is 20.1 Å². The van der Waals surface area contributed by atoms with Gasteiger partial charge in [0.15, 0.2) is 0 Å². The fraction of sp³-hybridized carbons (Fsp3) is 0.875. The Labute approximate surface area is 68.0 Å². The van der Waals surface area contributed by atoms with Crippen LogP contribution < -0.4 is 10.0 Å². The van der Waals surface area contributed by atoms with E-state index < -0.39 is 5.97 Å². The Kier molecular flexibility index (Phi) is 5.84. The first-order chi connectivity index (χ1) is 5.16. The molecule has 11 heavy (non-hydrogen) atoms. The molecular formula is C8H17NO2. The van der Waals surface area contributed by atoms with E-state index in [4.69, 9.17) is 0 Å². The lowest BCUT2D eigenvalue weighted by atomic mass is 10.4. The minimum absolute atomic E-state index is 0.111. The highest BCUT2D eigenvalue weighted by Crippen LogP contribution is 1.84. The summed E-state index contributed by atoms with van der Waals surface area (Å²) in [6.45, 7) is 4.34. The van der Waals surface area contributed by atoms with Crippen molar-refractivity contribution < 1.29 is 14.8 Å². The lowest BCUT2D eigenvalue weighted by molar-refractivity contribution is -0.866. The van der Waals surface area contributed by atoms with Crippen molar-refractivity contribution >= 4 is 5.97 Å². The van der Waals surface area contributed by atoms with Gasteiger partial charge in [0.25, 0.3) is 0 Å². The van der Waals surface area contributed by atoms with Crippen molar-refractivity contribution in [2.24, 2.45) is 0 Å². The van der Waals surface area contributed by atoms with Gasteiger partial charge >= 0.3 is 0 Å². The van der Waals surface area contributed by atoms with E-state index in [1.807, 2.05) is 0 Å². The second-order valence-corrected chi connectivity index (χ2v) is 2.89. The molecule has 0 aliphatic carbocycles. The third-order valence-electron chi connectivity index (χ3n) is 1.75. The quantitative estimate of drug-likeness (QED) is 0.503. The van der Waals surface area contributed by atoms with E-state index >= 15 is 0 Å². The molecule has 1 aliphatic rings. The summed E-state index contributed by atoms with van der Waals surface area (Å²) in [6, 6.07) is 0. The molecule has 0 aromatic rings. The van der Waals surface area contributed by atoms with Crippen LogP contribution in [0.4, 0.5) is 0 Å². The number of carboxylic acid groups (broad SMARTS) is 1. The molecular weight excluding hydrogens is 142 g/mol. The zero-order chi connectivity index (χ0) is 8.69. The molecule has 0 aromatic heterocycles. The monoisotopic (exact) mass is 159 g/mol. The van der Waals surface area contributed by atoms with Crippen LogP contribution in [0.3, 0.4) is 0 Å². The van der Waals surface area contributed by atoms with Gasteiger partial charge in [0, 0.05) is 18.8 Å². The number of rotatable bonds is 1. The predicted molar refractivity (Wildman–Crippen MR) is 41.2 cm³/mol. The molecule has 3 nitrogen and oxygen atoms in total. The summed E-state index contributed by atoms with van der Waals surface area (Å²) in [5.74, 6) is -0.995. The molecule has 1 rings (SSSR count). The molecule has 0 spiro atoms. The molecule has 0 radical (unpaired) electrons. The van der Waals surface area contributed by atoms with Crippen molar-refractivity contribution in [1.29, 1.82) is 0 Å². The number of hydrogen-bond donors (Lipinski definition) is 1. The number of carbonyl (C=O) groups excluding carboxylic acids is 1. The van der Waals surface area contributed by atoms with Gasteiger partial charge in [-0.1, -0.05) is 6.92 Å². The molecule has 1 saturated heterocycles. The Hall–Kier alpha value is -0.570. The zero-order valence-corrected chi connectivity index (χ0v) is 7.35. The number of aliphatic carboxylic acids is 1. The maximum Gasteiger partial charge on any atom is 0.0771 e. The lowest BCUT2D eigenvalue weighted by Crippen LogP contribution is -3.06. The number of nitrogens with one attached hydrogen (secondary N) is 1. The van der Waals surface area contributed by atoms with Crippen LogP contribution in [0, 0.1) is 0 Å². The highest BCUT2D eigenvalue weighted by Gasteiger charge is 2.07. The van der Waals surface area contributed by atoms with Crippen LogP contribution in [-0.4, -0.2) is 26.1 Å². The Morgan fingerprint density at radius 1 is 1.45 bits per heavy atom. The minimum Gasteiger partial charge on any atom is -0.550 e. The molecule has 0 aromatic carbocycles. The van der Waals surface area contributed by atoms with Gasteiger partial charge in [-0.3, -0.25) is 0 Å². The molecule has 3 heteroatoms. The number of carbonyl (C=O) groups is 1. The van der Waals surface area contributed by atoms with E-state index in [9.17, 15) is 9.90 Å². The zero-order valence-electron chi connectivity index (χ0n) is 7.35. The topological polar surface area (TPSA) is 44.6 Å². The molecule has 1 N–H and O–H groups in total. The average molecular weight is 159 g/mol. The average Bonchev–Trinajstić information content (AvgIpc) is 2.41. The normalized spacial score (nSPS) is 17.3. The van der Waals surface area contributed by atoms with Crippen molar-refractivity contribution in [1.82, 2.24) is 0 Å². The van der Waals surface area contributed by atoms with Gasteiger partial charge in [0.1, 0.15) is 0 Å². The highest BCUT2D eigenvalue weighted by molar-refractivity contribution is 5.63. The van der Waals surface area contributed by atoms with Crippen LogP contribution in [0.1, 0.15) is 26.2 Å². The number of likely N-dealkylation sites (tertiary alicyclic amines) is 1. The lowest BCUT2D eigenvalue weighted by Gasteiger charge is -1.98. The van der Waals surface area contributed by atoms with Gasteiger partial charge in [-0.2, -0.15) is 0 Å². The van der Waals surface area contributed by atoms with E-state index in [2.05, 4.69) is 7.05 Å². The fourth-order valence-corrected chi connectivity index (χ4v) is 0.979. The van der Waals surface area contributed by atoms with Crippen molar-refractivity contribution in [3.8, 4) is 0 Å². The Balaban J connectivity index is 0.000000187. The third kappa shape index (κ3) is 7.33. The molecule has 1 heterocycles. The largest absolute Gasteiger partial charge is 0.550 e. The SMILES string of the molecule is CCC(=O)[O-].C[NH+]1CCCC1. The number of hydrogen-bond acceptors (Lipinski definition) is 2. The highest BCUT2D eigenvalue weighted by atomic mass is 16.4. The van der Waals surface area contributed by atoms with E-state index in [-0.39, 0.29) is 6.42 Å². The van der Waals surface area contributed by atoms with Gasteiger partial charge in [-0.15, -0.1) is 0 Å². The first-order valence-corrected chi connectivity index (χ1v) is 4.18. The number of carboxylic acids is 1. The van der Waals surface area contributed by atoms with E-state index in [1.54, 1.807) is 4.90 Å². The minimum atomic E-state index is -0.995. The van der Waals surface area contributed by atoms with Gasteiger partial charge in [0.2, 0.25) is 0 Å². The second kappa shape index (κ2) is 6.16. The third-order valence-corrected chi connectivity index (χ3v) is 1.75. The summed E-state index contributed by atoms with van der Waals surface area (Å²) in [7, 11) is 2.26. The van der Waals surface area contributed by atoms with Gasteiger partial charge in [-0.05, 0) is 6.42 Å². The summed E-state index contributed by atoms with van der Waals surface area (Å²) in [6.07, 6.45) is 3.01. The summed E-state index contributed by atoms with van der Waals surface area (Å²) in [5.41, 5.74) is 0. The van der Waals surface area contributed by atoms with Crippen LogP contribution in [0.5, 0.6) is 0 Å². The molecule has 0 saturated carbocycles. The summed E-state index contributed by atoms with van der Waals surface area (Å²) < 4.78 is 0. The predicted octanol–water partition coefficient (Wildman–Crippen LogP) is -1.56. The maximum absolute atomic E-state index is 9.26. The molecule has 66 valence electrons. The first kappa shape index (κ1) is 10.4. The van der Waals surface area contributed by atoms with Crippen LogP contribution in [0.15, 0.2) is 0 Å². The first-order valence-electron chi connectivity index (χ1n) is 4.18. The van der Waals surface area contributed by atoms with Gasteiger partial charge in [-0.25, -0.2) is 0 Å². The van der Waals surface area contributed by atoms with Crippen molar-refractivity contribution in [3.05, 3.63) is 0 Å². The molecule has 0 amide bonds. The molecule has 0 atom stereocenters. The van der Waals surface area contributed by atoms with Gasteiger partial charge < -0.3 is 14.8 Å². The molecule has 0 unspecified atom stereocenters. The Bertz CT molecular complexity index is 109. The Morgan fingerprint density at radius 3 is 1.91 bits per heavy atom. The molecule has 0 bridgehead atoms. The van der Waals surface area contributed by atoms with Crippen LogP contribution in [0.25, 0.3) is 0 Å². The van der Waals surface area contributed by atoms with Crippen molar-refractivity contribution in [3.63, 3.8) is 0 Å². The maximum atomic E-state index is 9.26. The van der Waals surface area contributed by atoms with E-state index in [0.717, 1.165) is 0 Å². The van der Waals surface area contributed by atoms with E-state index in [1.165, 1.54) is 32.9 Å². The standard InChI is InChI=1S/C5H11N.C3H6O2/c1-6-4-2-3-5-6;1-2-3(4)5/h2-5H2,1H3;2H2,1H3,(H,4,5). The smallest absolute Gasteiger partial charge is 0.0771 e. The van der Waals surface area contributed by atoms with E-state index in [0.29, 0.717) is 0 Å². The summed E-state index contributed by atoms with van der Waals surface area (Å²) in [5, 5.41) is 9.26. The fourth-order valence-electron chi connectivity index (χ4n) is 0.979. The number of quaternary nitrogens is 1. The molecule has 1 aliphatic heterocycles. The van der Waals surface area contributed by atoms with Crippen LogP contribution in [-0.2, 0) is 4.79 Å². The van der Waals surface area contributed by atoms with Crippen LogP contribution >= 0.6 is 0 Å². The second-order valence-electron chi connectivity index (χ2n) is 2.89. The summed E-state index contributed by atoms with van der Waals surface area (Å²) in [4.78, 5) is 11.0.